The Morgan fingerprint density at radius 3 is 2.53 bits per heavy atom. The third-order valence-corrected chi connectivity index (χ3v) is 5.39. The third kappa shape index (κ3) is 4.79. The quantitative estimate of drug-likeness (QED) is 0.464. The molecule has 3 amide bonds. The molecule has 0 bridgehead atoms. The number of nitrogens with one attached hydrogen (secondary N) is 4. The second-order valence-electron chi connectivity index (χ2n) is 7.78. The van der Waals surface area contributed by atoms with E-state index in [1.165, 1.54) is 19.3 Å². The van der Waals surface area contributed by atoms with Crippen molar-refractivity contribution in [2.75, 3.05) is 17.2 Å². The third-order valence-electron chi connectivity index (χ3n) is 5.39. The van der Waals surface area contributed by atoms with Crippen LogP contribution in [0.25, 0.3) is 11.0 Å². The molecule has 0 aliphatic heterocycles. The van der Waals surface area contributed by atoms with Crippen molar-refractivity contribution in [2.45, 2.75) is 44.9 Å². The van der Waals surface area contributed by atoms with Crippen LogP contribution >= 0.6 is 0 Å². The second-order valence-corrected chi connectivity index (χ2v) is 7.78. The zero-order chi connectivity index (χ0) is 20.9. The minimum absolute atomic E-state index is 0.0884. The normalized spacial score (nSPS) is 13.6. The summed E-state index contributed by atoms with van der Waals surface area (Å²) in [6.07, 6.45) is 4.81. The van der Waals surface area contributed by atoms with E-state index in [2.05, 4.69) is 25.9 Å². The largest absolute Gasteiger partial charge is 0.342 e. The molecule has 0 spiro atoms. The summed E-state index contributed by atoms with van der Waals surface area (Å²) in [6.45, 7) is 2.63. The van der Waals surface area contributed by atoms with Gasteiger partial charge in [-0.25, -0.2) is 9.78 Å². The Morgan fingerprint density at radius 1 is 1.07 bits per heavy atom. The highest BCUT2D eigenvalue weighted by atomic mass is 16.2. The number of aromatic amines is 1. The van der Waals surface area contributed by atoms with E-state index in [9.17, 15) is 9.59 Å². The fraction of sp³-hybridized carbons (Fsp3) is 0.348. The van der Waals surface area contributed by atoms with Gasteiger partial charge in [0.2, 0.25) is 5.91 Å². The number of benzene rings is 2. The molecular weight excluding hydrogens is 378 g/mol. The molecule has 1 saturated carbocycles. The predicted octanol–water partition coefficient (Wildman–Crippen LogP) is 4.54. The Morgan fingerprint density at radius 2 is 1.83 bits per heavy atom. The van der Waals surface area contributed by atoms with E-state index in [1.807, 2.05) is 37.3 Å². The zero-order valence-corrected chi connectivity index (χ0v) is 17.1. The summed E-state index contributed by atoms with van der Waals surface area (Å²) < 4.78 is 0. The van der Waals surface area contributed by atoms with Crippen LogP contribution in [0.4, 0.5) is 16.2 Å². The van der Waals surface area contributed by atoms with Gasteiger partial charge < -0.3 is 20.9 Å². The Kier molecular flexibility index (Phi) is 5.97. The molecule has 0 atom stereocenters. The lowest BCUT2D eigenvalue weighted by atomic mass is 9.85. The maximum absolute atomic E-state index is 12.5. The number of nitrogens with zero attached hydrogens (tertiary/aromatic N) is 1. The number of anilines is 2. The molecule has 0 radical (unpaired) electrons. The van der Waals surface area contributed by atoms with Crippen molar-refractivity contribution < 1.29 is 9.59 Å². The van der Waals surface area contributed by atoms with Crippen LogP contribution in [0.15, 0.2) is 42.5 Å². The second kappa shape index (κ2) is 8.98. The van der Waals surface area contributed by atoms with E-state index in [-0.39, 0.29) is 18.4 Å². The van der Waals surface area contributed by atoms with Gasteiger partial charge >= 0.3 is 6.03 Å². The Labute approximate surface area is 175 Å². The fourth-order valence-electron chi connectivity index (χ4n) is 3.49. The number of hydrogen-bond acceptors (Lipinski definition) is 3. The minimum atomic E-state index is -0.225. The van der Waals surface area contributed by atoms with E-state index in [0.29, 0.717) is 18.2 Å². The monoisotopic (exact) mass is 405 g/mol. The van der Waals surface area contributed by atoms with E-state index >= 15 is 0 Å². The summed E-state index contributed by atoms with van der Waals surface area (Å²) in [5.41, 5.74) is 4.20. The summed E-state index contributed by atoms with van der Waals surface area (Å²) in [7, 11) is 0. The standard InChI is InChI=1S/C23H27N5O2/c1-2-12-24-23(30)26-17-8-6-15(7-9-17)13-21(29)25-18-10-11-19-20(14-18)28-22(27-19)16-4-3-5-16/h6-11,14,16H,2-5,12-13H2,1H3,(H,25,29)(H,27,28)(H2,24,26,30). The molecule has 4 rings (SSSR count). The molecule has 1 aliphatic carbocycles. The van der Waals surface area contributed by atoms with Crippen molar-refractivity contribution in [3.05, 3.63) is 53.9 Å². The van der Waals surface area contributed by atoms with Gasteiger partial charge in [-0.1, -0.05) is 25.5 Å². The van der Waals surface area contributed by atoms with Gasteiger partial charge in [-0.05, 0) is 55.2 Å². The lowest BCUT2D eigenvalue weighted by molar-refractivity contribution is -0.115. The van der Waals surface area contributed by atoms with E-state index in [4.69, 9.17) is 0 Å². The van der Waals surface area contributed by atoms with E-state index < -0.39 is 0 Å². The smallest absolute Gasteiger partial charge is 0.319 e. The van der Waals surface area contributed by atoms with Crippen LogP contribution in [0.1, 0.15) is 49.9 Å². The lowest BCUT2D eigenvalue weighted by Gasteiger charge is -2.22. The molecule has 2 aromatic carbocycles. The number of aromatic nitrogens is 2. The van der Waals surface area contributed by atoms with Crippen molar-refractivity contribution in [3.63, 3.8) is 0 Å². The average molecular weight is 406 g/mol. The molecule has 0 unspecified atom stereocenters. The van der Waals surface area contributed by atoms with Gasteiger partial charge in [-0.2, -0.15) is 0 Å². The van der Waals surface area contributed by atoms with Gasteiger partial charge in [0.15, 0.2) is 0 Å². The van der Waals surface area contributed by atoms with E-state index in [0.717, 1.165) is 34.5 Å². The number of imidazole rings is 1. The summed E-state index contributed by atoms with van der Waals surface area (Å²) in [4.78, 5) is 32.2. The first-order valence-electron chi connectivity index (χ1n) is 10.5. The van der Waals surface area contributed by atoms with Crippen LogP contribution in [0.5, 0.6) is 0 Å². The molecule has 156 valence electrons. The SMILES string of the molecule is CCCNC(=O)Nc1ccc(CC(=O)Nc2ccc3nc(C4CCC4)[nH]c3c2)cc1. The number of urea groups is 1. The zero-order valence-electron chi connectivity index (χ0n) is 17.1. The van der Waals surface area contributed by atoms with Crippen LogP contribution in [0, 0.1) is 0 Å². The van der Waals surface area contributed by atoms with Crippen LogP contribution in [-0.4, -0.2) is 28.5 Å². The lowest BCUT2D eigenvalue weighted by Crippen LogP contribution is -2.29. The summed E-state index contributed by atoms with van der Waals surface area (Å²) in [5, 5.41) is 8.49. The maximum atomic E-state index is 12.5. The van der Waals surface area contributed by atoms with Gasteiger partial charge in [0.25, 0.3) is 0 Å². The molecule has 7 nitrogen and oxygen atoms in total. The first-order valence-corrected chi connectivity index (χ1v) is 10.5. The number of carbonyl (C=O) groups is 2. The number of carbonyl (C=O) groups excluding carboxylic acids is 2. The fourth-order valence-corrected chi connectivity index (χ4v) is 3.49. The number of amides is 3. The van der Waals surface area contributed by atoms with Gasteiger partial charge in [0.05, 0.1) is 17.5 Å². The maximum Gasteiger partial charge on any atom is 0.319 e. The highest BCUT2D eigenvalue weighted by Crippen LogP contribution is 2.35. The molecule has 1 fully saturated rings. The Balaban J connectivity index is 1.33. The highest BCUT2D eigenvalue weighted by molar-refractivity contribution is 5.94. The predicted molar refractivity (Wildman–Crippen MR) is 119 cm³/mol. The number of rotatable bonds is 7. The van der Waals surface area contributed by atoms with Crippen LogP contribution in [0.3, 0.4) is 0 Å². The van der Waals surface area contributed by atoms with Crippen LogP contribution in [0.2, 0.25) is 0 Å². The molecular formula is C23H27N5O2. The average Bonchev–Trinajstić information content (AvgIpc) is 3.09. The van der Waals surface area contributed by atoms with Crippen LogP contribution < -0.4 is 16.0 Å². The molecule has 1 heterocycles. The summed E-state index contributed by atoms with van der Waals surface area (Å²) >= 11 is 0. The molecule has 4 N–H and O–H groups in total. The topological polar surface area (TPSA) is 98.9 Å². The Hall–Kier alpha value is -3.35. The van der Waals surface area contributed by atoms with Crippen LogP contribution in [-0.2, 0) is 11.2 Å². The summed E-state index contributed by atoms with van der Waals surface area (Å²) in [5.74, 6) is 1.51. The molecule has 7 heteroatoms. The van der Waals surface area contributed by atoms with Gasteiger partial charge in [-0.15, -0.1) is 0 Å². The molecule has 3 aromatic rings. The van der Waals surface area contributed by atoms with Gasteiger partial charge in [0, 0.05) is 23.8 Å². The van der Waals surface area contributed by atoms with Gasteiger partial charge in [0.1, 0.15) is 5.82 Å². The van der Waals surface area contributed by atoms with E-state index in [1.54, 1.807) is 12.1 Å². The Bertz CT molecular complexity index is 1040. The van der Waals surface area contributed by atoms with Crippen molar-refractivity contribution in [1.82, 2.24) is 15.3 Å². The van der Waals surface area contributed by atoms with Crippen molar-refractivity contribution in [1.29, 1.82) is 0 Å². The summed E-state index contributed by atoms with van der Waals surface area (Å²) in [6, 6.07) is 12.8. The van der Waals surface area contributed by atoms with Gasteiger partial charge in [-0.3, -0.25) is 4.79 Å². The molecule has 30 heavy (non-hydrogen) atoms. The number of hydrogen-bond donors (Lipinski definition) is 4. The first kappa shape index (κ1) is 19.9. The minimum Gasteiger partial charge on any atom is -0.342 e. The van der Waals surface area contributed by atoms with Crippen molar-refractivity contribution >= 4 is 34.3 Å². The highest BCUT2D eigenvalue weighted by Gasteiger charge is 2.22. The number of H-pyrrole nitrogens is 1. The first-order chi connectivity index (χ1) is 14.6. The molecule has 1 aliphatic rings. The molecule has 1 aromatic heterocycles. The molecule has 0 saturated heterocycles. The number of fused-ring (bicyclic) bond motifs is 1. The van der Waals surface area contributed by atoms with Crippen molar-refractivity contribution in [3.8, 4) is 0 Å². The van der Waals surface area contributed by atoms with Crippen molar-refractivity contribution in [2.24, 2.45) is 0 Å².